The molecule has 2 aliphatic rings. The van der Waals surface area contributed by atoms with Crippen molar-refractivity contribution in [3.63, 3.8) is 0 Å². The van der Waals surface area contributed by atoms with Crippen LogP contribution in [0, 0.1) is 12.7 Å². The topological polar surface area (TPSA) is 97.9 Å². The van der Waals surface area contributed by atoms with Crippen molar-refractivity contribution >= 4 is 27.6 Å². The molecule has 1 aromatic carbocycles. The number of nitrogens with one attached hydrogen (secondary N) is 2. The summed E-state index contributed by atoms with van der Waals surface area (Å²) in [5, 5.41) is 5.17. The molecule has 2 fully saturated rings. The van der Waals surface area contributed by atoms with Crippen molar-refractivity contribution < 1.29 is 17.6 Å². The molecule has 11 heteroatoms. The first-order chi connectivity index (χ1) is 15.3. The molecule has 1 aromatic heterocycles. The smallest absolute Gasteiger partial charge is 0.306 e. The van der Waals surface area contributed by atoms with Gasteiger partial charge in [-0.3, -0.25) is 9.88 Å². The predicted octanol–water partition coefficient (Wildman–Crippen LogP) is 2.24. The third-order valence-electron chi connectivity index (χ3n) is 5.69. The molecule has 4 rings (SSSR count). The first-order valence-corrected chi connectivity index (χ1v) is 12.0. The molecule has 2 amide bonds. The van der Waals surface area contributed by atoms with Gasteiger partial charge in [-0.25, -0.2) is 9.18 Å². The lowest BCUT2D eigenvalue weighted by molar-refractivity contribution is 0.168. The van der Waals surface area contributed by atoms with Crippen LogP contribution in [0.1, 0.15) is 17.7 Å². The van der Waals surface area contributed by atoms with Crippen LogP contribution in [0.4, 0.5) is 20.6 Å². The summed E-state index contributed by atoms with van der Waals surface area (Å²) < 4.78 is 43.0. The van der Waals surface area contributed by atoms with Gasteiger partial charge in [0.2, 0.25) is 0 Å². The number of amides is 2. The first-order valence-electron chi connectivity index (χ1n) is 10.6. The average Bonchev–Trinajstić information content (AvgIpc) is 2.71. The second kappa shape index (κ2) is 9.49. The second-order valence-electron chi connectivity index (χ2n) is 7.98. The standard InChI is InChI=1S/C21H27FN6O3S/c1-16-6-7-18(14-23-16)24-21(29)25-19-5-2-4-17(20(19)22)15-26-10-12-28(13-11-26)32(30,31)27-8-3-9-27/h2,4-7,14H,3,8-13,15H2,1H3,(H2,24,25,29). The number of urea groups is 1. The Morgan fingerprint density at radius 2 is 1.75 bits per heavy atom. The van der Waals surface area contributed by atoms with Crippen molar-refractivity contribution in [3.05, 3.63) is 53.6 Å². The van der Waals surface area contributed by atoms with Gasteiger partial charge in [-0.15, -0.1) is 0 Å². The maximum Gasteiger partial charge on any atom is 0.323 e. The summed E-state index contributed by atoms with van der Waals surface area (Å²) in [5.74, 6) is -0.500. The number of aromatic nitrogens is 1. The molecular formula is C21H27FN6O3S. The fourth-order valence-electron chi connectivity index (χ4n) is 3.67. The van der Waals surface area contributed by atoms with Crippen LogP contribution >= 0.6 is 0 Å². The van der Waals surface area contributed by atoms with Crippen molar-refractivity contribution in [2.45, 2.75) is 19.9 Å². The molecule has 32 heavy (non-hydrogen) atoms. The molecule has 0 bridgehead atoms. The molecule has 2 saturated heterocycles. The largest absolute Gasteiger partial charge is 0.323 e. The number of halogens is 1. The van der Waals surface area contributed by atoms with E-state index in [9.17, 15) is 13.2 Å². The van der Waals surface area contributed by atoms with E-state index < -0.39 is 22.1 Å². The Balaban J connectivity index is 1.33. The fraction of sp³-hybridized carbons (Fsp3) is 0.429. The van der Waals surface area contributed by atoms with Gasteiger partial charge in [0, 0.05) is 57.1 Å². The Bertz CT molecular complexity index is 1070. The number of piperazine rings is 1. The zero-order valence-corrected chi connectivity index (χ0v) is 18.7. The lowest BCUT2D eigenvalue weighted by Crippen LogP contribution is -2.55. The zero-order valence-electron chi connectivity index (χ0n) is 17.9. The highest BCUT2D eigenvalue weighted by molar-refractivity contribution is 7.86. The molecule has 0 spiro atoms. The van der Waals surface area contributed by atoms with Gasteiger partial charge in [0.05, 0.1) is 17.6 Å². The maximum atomic E-state index is 15.0. The number of nitrogens with zero attached hydrogens (tertiary/aromatic N) is 4. The monoisotopic (exact) mass is 462 g/mol. The minimum atomic E-state index is -3.37. The highest BCUT2D eigenvalue weighted by atomic mass is 32.2. The number of pyridine rings is 1. The molecule has 0 unspecified atom stereocenters. The Hall–Kier alpha value is -2.60. The lowest BCUT2D eigenvalue weighted by Gasteiger charge is -2.39. The van der Waals surface area contributed by atoms with Crippen molar-refractivity contribution in [1.82, 2.24) is 18.5 Å². The predicted molar refractivity (Wildman–Crippen MR) is 120 cm³/mol. The van der Waals surface area contributed by atoms with Gasteiger partial charge in [0.1, 0.15) is 0 Å². The Morgan fingerprint density at radius 1 is 1.03 bits per heavy atom. The number of rotatable bonds is 6. The average molecular weight is 463 g/mol. The van der Waals surface area contributed by atoms with Crippen LogP contribution in [0.3, 0.4) is 0 Å². The van der Waals surface area contributed by atoms with Crippen LogP contribution in [0.2, 0.25) is 0 Å². The molecule has 9 nitrogen and oxygen atoms in total. The van der Waals surface area contributed by atoms with Crippen LogP contribution in [0.5, 0.6) is 0 Å². The van der Waals surface area contributed by atoms with Gasteiger partial charge < -0.3 is 10.6 Å². The summed E-state index contributed by atoms with van der Waals surface area (Å²) in [6.07, 6.45) is 2.44. The third-order valence-corrected chi connectivity index (χ3v) is 7.72. The van der Waals surface area contributed by atoms with E-state index in [4.69, 9.17) is 0 Å². The molecular weight excluding hydrogens is 435 g/mol. The van der Waals surface area contributed by atoms with E-state index >= 15 is 4.39 Å². The number of hydrogen-bond donors (Lipinski definition) is 2. The molecule has 2 aliphatic heterocycles. The van der Waals surface area contributed by atoms with Gasteiger partial charge in [-0.05, 0) is 31.5 Å². The molecule has 2 aromatic rings. The van der Waals surface area contributed by atoms with Crippen molar-refractivity contribution in [3.8, 4) is 0 Å². The number of aryl methyl sites for hydroxylation is 1. The highest BCUT2D eigenvalue weighted by Crippen LogP contribution is 2.22. The second-order valence-corrected chi connectivity index (χ2v) is 9.91. The summed E-state index contributed by atoms with van der Waals surface area (Å²) in [5.41, 5.74) is 1.86. The van der Waals surface area contributed by atoms with E-state index in [0.717, 1.165) is 12.1 Å². The van der Waals surface area contributed by atoms with E-state index in [1.807, 2.05) is 11.8 Å². The van der Waals surface area contributed by atoms with E-state index in [1.165, 1.54) is 20.9 Å². The number of carbonyl (C=O) groups is 1. The molecule has 172 valence electrons. The SMILES string of the molecule is Cc1ccc(NC(=O)Nc2cccc(CN3CCN(S(=O)(=O)N4CCC4)CC3)c2F)cn1. The van der Waals surface area contributed by atoms with Gasteiger partial charge in [0.25, 0.3) is 10.2 Å². The van der Waals surface area contributed by atoms with Crippen molar-refractivity contribution in [1.29, 1.82) is 0 Å². The van der Waals surface area contributed by atoms with Gasteiger partial charge >= 0.3 is 6.03 Å². The Morgan fingerprint density at radius 3 is 2.38 bits per heavy atom. The Labute approximate surface area is 187 Å². The van der Waals surface area contributed by atoms with Crippen LogP contribution in [0.15, 0.2) is 36.5 Å². The number of carbonyl (C=O) groups excluding carboxylic acids is 1. The minimum Gasteiger partial charge on any atom is -0.306 e. The van der Waals surface area contributed by atoms with Crippen LogP contribution < -0.4 is 10.6 Å². The summed E-state index contributed by atoms with van der Waals surface area (Å²) in [6.45, 7) is 5.15. The summed E-state index contributed by atoms with van der Waals surface area (Å²) >= 11 is 0. The van der Waals surface area contributed by atoms with Crippen molar-refractivity contribution in [2.24, 2.45) is 0 Å². The van der Waals surface area contributed by atoms with E-state index in [0.29, 0.717) is 57.1 Å². The first kappa shape index (κ1) is 22.6. The highest BCUT2D eigenvalue weighted by Gasteiger charge is 2.35. The molecule has 0 aliphatic carbocycles. The zero-order chi connectivity index (χ0) is 22.7. The number of anilines is 2. The summed E-state index contributed by atoms with van der Waals surface area (Å²) in [4.78, 5) is 18.4. The normalized spacial score (nSPS) is 18.2. The maximum absolute atomic E-state index is 15.0. The third kappa shape index (κ3) is 5.07. The number of benzene rings is 1. The quantitative estimate of drug-likeness (QED) is 0.686. The van der Waals surface area contributed by atoms with Gasteiger partial charge in [-0.2, -0.15) is 17.0 Å². The molecule has 2 N–H and O–H groups in total. The molecule has 0 radical (unpaired) electrons. The molecule has 0 saturated carbocycles. The van der Waals surface area contributed by atoms with Crippen LogP contribution in [-0.2, 0) is 16.8 Å². The molecule has 3 heterocycles. The van der Waals surface area contributed by atoms with Crippen LogP contribution in [0.25, 0.3) is 0 Å². The number of hydrogen-bond acceptors (Lipinski definition) is 5. The van der Waals surface area contributed by atoms with Gasteiger partial charge in [0.15, 0.2) is 5.82 Å². The van der Waals surface area contributed by atoms with E-state index in [2.05, 4.69) is 15.6 Å². The molecule has 0 atom stereocenters. The summed E-state index contributed by atoms with van der Waals surface area (Å²) in [7, 11) is -3.37. The summed E-state index contributed by atoms with van der Waals surface area (Å²) in [6, 6.07) is 7.79. The van der Waals surface area contributed by atoms with E-state index in [-0.39, 0.29) is 5.69 Å². The van der Waals surface area contributed by atoms with E-state index in [1.54, 1.807) is 24.3 Å². The van der Waals surface area contributed by atoms with Crippen molar-refractivity contribution in [2.75, 3.05) is 49.9 Å². The Kier molecular flexibility index (Phi) is 6.70. The lowest BCUT2D eigenvalue weighted by atomic mass is 10.1. The van der Waals surface area contributed by atoms with Gasteiger partial charge in [-0.1, -0.05) is 12.1 Å². The fourth-order valence-corrected chi connectivity index (χ4v) is 5.34. The van der Waals surface area contributed by atoms with Crippen LogP contribution in [-0.4, -0.2) is 72.2 Å². The minimum absolute atomic E-state index is 0.0825.